The molecule has 2 atom stereocenters. The van der Waals surface area contributed by atoms with Crippen molar-refractivity contribution in [1.29, 1.82) is 0 Å². The Morgan fingerprint density at radius 2 is 2.07 bits per heavy atom. The van der Waals surface area contributed by atoms with E-state index in [0.29, 0.717) is 0 Å². The van der Waals surface area contributed by atoms with E-state index < -0.39 is 11.4 Å². The lowest BCUT2D eigenvalue weighted by molar-refractivity contribution is -0.157. The first-order valence-corrected chi connectivity index (χ1v) is 10.3. The number of para-hydroxylation sites is 1. The summed E-state index contributed by atoms with van der Waals surface area (Å²) in [4.78, 5) is 31.2. The molecule has 0 saturated carbocycles. The van der Waals surface area contributed by atoms with Crippen LogP contribution in [-0.2, 0) is 30.9 Å². The number of nitrogens with zero attached hydrogens (tertiary/aromatic N) is 1. The fraction of sp³-hybridized carbons (Fsp3) is 0.478. The summed E-state index contributed by atoms with van der Waals surface area (Å²) in [6, 6.07) is 8.11. The van der Waals surface area contributed by atoms with Gasteiger partial charge in [0, 0.05) is 42.5 Å². The SMILES string of the molecule is CCC1=CN2CCc3c([nH]c4ccccc34)[C@@](COC(C)=O)(C(=O)OC)[C@H]1CC2. The van der Waals surface area contributed by atoms with Gasteiger partial charge in [-0.15, -0.1) is 0 Å². The van der Waals surface area contributed by atoms with Crippen molar-refractivity contribution in [2.45, 2.75) is 38.5 Å². The van der Waals surface area contributed by atoms with Crippen molar-refractivity contribution in [2.24, 2.45) is 5.92 Å². The van der Waals surface area contributed by atoms with Crippen molar-refractivity contribution in [3.05, 3.63) is 47.3 Å². The van der Waals surface area contributed by atoms with Gasteiger partial charge in [-0.3, -0.25) is 9.59 Å². The number of ether oxygens (including phenoxy) is 2. The summed E-state index contributed by atoms with van der Waals surface area (Å²) in [6.07, 6.45) is 4.65. The molecule has 4 heterocycles. The minimum Gasteiger partial charge on any atom is -0.468 e. The van der Waals surface area contributed by atoms with E-state index in [0.717, 1.165) is 54.5 Å². The molecule has 6 nitrogen and oxygen atoms in total. The lowest BCUT2D eigenvalue weighted by Gasteiger charge is -2.41. The molecule has 29 heavy (non-hydrogen) atoms. The monoisotopic (exact) mass is 396 g/mol. The normalized spacial score (nSPS) is 23.6. The van der Waals surface area contributed by atoms with Gasteiger partial charge < -0.3 is 19.4 Å². The minimum atomic E-state index is -1.09. The highest BCUT2D eigenvalue weighted by Crippen LogP contribution is 2.46. The standard InChI is InChI=1S/C23H28N2O4/c1-4-16-13-25-11-9-18-17-7-5-6-8-20(17)24-21(18)23(22(27)28-3,14-29-15(2)26)19(16)10-12-25/h5-8,13,19,24H,4,9-12,14H2,1-3H3/t19-,23-/m0/s1. The highest BCUT2D eigenvalue weighted by molar-refractivity contribution is 5.91. The van der Waals surface area contributed by atoms with Gasteiger partial charge in [0.05, 0.1) is 7.11 Å². The molecule has 2 bridgehead atoms. The number of fused-ring (bicyclic) bond motifs is 3. The van der Waals surface area contributed by atoms with Crippen LogP contribution in [0.1, 0.15) is 37.9 Å². The molecule has 0 aliphatic carbocycles. The zero-order valence-electron chi connectivity index (χ0n) is 17.3. The number of carbonyl (C=O) groups is 2. The minimum absolute atomic E-state index is 0.0309. The Bertz CT molecular complexity index is 976. The van der Waals surface area contributed by atoms with E-state index in [4.69, 9.17) is 9.47 Å². The van der Waals surface area contributed by atoms with Crippen molar-refractivity contribution >= 4 is 22.8 Å². The van der Waals surface area contributed by atoms with Crippen molar-refractivity contribution < 1.29 is 19.1 Å². The fourth-order valence-corrected chi connectivity index (χ4v) is 5.09. The molecule has 1 aromatic carbocycles. The Balaban J connectivity index is 2.03. The number of aromatic nitrogens is 1. The van der Waals surface area contributed by atoms with Crippen LogP contribution in [0.5, 0.6) is 0 Å². The molecule has 3 aliphatic rings. The number of esters is 2. The third-order valence-corrected chi connectivity index (χ3v) is 6.47. The number of aromatic amines is 1. The van der Waals surface area contributed by atoms with Gasteiger partial charge in [0.25, 0.3) is 0 Å². The van der Waals surface area contributed by atoms with Crippen LogP contribution in [0, 0.1) is 5.92 Å². The number of methoxy groups -OCH3 is 1. The number of hydrogen-bond acceptors (Lipinski definition) is 5. The van der Waals surface area contributed by atoms with Crippen LogP contribution in [-0.4, -0.2) is 48.6 Å². The lowest BCUT2D eigenvalue weighted by atomic mass is 9.66. The average molecular weight is 396 g/mol. The molecule has 0 radical (unpaired) electrons. The first-order chi connectivity index (χ1) is 14.0. The predicted molar refractivity (Wildman–Crippen MR) is 110 cm³/mol. The van der Waals surface area contributed by atoms with E-state index in [1.807, 2.05) is 18.2 Å². The Labute approximate surface area is 170 Å². The summed E-state index contributed by atoms with van der Waals surface area (Å²) in [6.45, 7) is 5.22. The maximum Gasteiger partial charge on any atom is 0.321 e. The van der Waals surface area contributed by atoms with Crippen molar-refractivity contribution in [2.75, 3.05) is 26.8 Å². The van der Waals surface area contributed by atoms with Crippen molar-refractivity contribution in [3.8, 4) is 0 Å². The molecule has 154 valence electrons. The van der Waals surface area contributed by atoms with Crippen LogP contribution in [0.25, 0.3) is 10.9 Å². The molecule has 5 rings (SSSR count). The van der Waals surface area contributed by atoms with E-state index in [1.165, 1.54) is 19.6 Å². The van der Waals surface area contributed by atoms with Gasteiger partial charge in [0.2, 0.25) is 0 Å². The second-order valence-electron chi connectivity index (χ2n) is 7.95. The maximum absolute atomic E-state index is 13.5. The molecule has 0 fully saturated rings. The molecular formula is C23H28N2O4. The molecule has 3 aliphatic heterocycles. The quantitative estimate of drug-likeness (QED) is 0.803. The number of benzene rings is 1. The van der Waals surface area contributed by atoms with Crippen LogP contribution >= 0.6 is 0 Å². The molecule has 6 heteroatoms. The Morgan fingerprint density at radius 1 is 1.28 bits per heavy atom. The summed E-state index contributed by atoms with van der Waals surface area (Å²) in [7, 11) is 1.41. The number of carbonyl (C=O) groups excluding carboxylic acids is 2. The van der Waals surface area contributed by atoms with Crippen LogP contribution in [0.15, 0.2) is 36.0 Å². The summed E-state index contributed by atoms with van der Waals surface area (Å²) in [5, 5.41) is 1.11. The van der Waals surface area contributed by atoms with Gasteiger partial charge in [-0.05, 0) is 42.7 Å². The molecule has 1 aromatic heterocycles. The van der Waals surface area contributed by atoms with Gasteiger partial charge >= 0.3 is 11.9 Å². The first kappa shape index (κ1) is 19.6. The van der Waals surface area contributed by atoms with Crippen LogP contribution < -0.4 is 0 Å². The second-order valence-corrected chi connectivity index (χ2v) is 7.95. The number of rotatable bonds is 4. The van der Waals surface area contributed by atoms with E-state index in [1.54, 1.807) is 0 Å². The third-order valence-electron chi connectivity index (χ3n) is 6.47. The summed E-state index contributed by atoms with van der Waals surface area (Å²) in [5.74, 6) is -0.850. The summed E-state index contributed by atoms with van der Waals surface area (Å²) in [5.41, 5.74) is 3.04. The molecule has 0 saturated heterocycles. The van der Waals surface area contributed by atoms with Gasteiger partial charge in [-0.25, -0.2) is 0 Å². The Kier molecular flexibility index (Phi) is 5.11. The first-order valence-electron chi connectivity index (χ1n) is 10.3. The van der Waals surface area contributed by atoms with Gasteiger partial charge in [-0.1, -0.05) is 25.1 Å². The molecular weight excluding hydrogens is 368 g/mol. The van der Waals surface area contributed by atoms with E-state index in [-0.39, 0.29) is 18.5 Å². The smallest absolute Gasteiger partial charge is 0.321 e. The van der Waals surface area contributed by atoms with Crippen LogP contribution in [0.2, 0.25) is 0 Å². The number of allylic oxidation sites excluding steroid dienone is 1. The van der Waals surface area contributed by atoms with Gasteiger partial charge in [0.1, 0.15) is 12.0 Å². The van der Waals surface area contributed by atoms with Crippen LogP contribution in [0.4, 0.5) is 0 Å². The molecule has 0 spiro atoms. The number of hydrogen-bond donors (Lipinski definition) is 1. The van der Waals surface area contributed by atoms with E-state index in [2.05, 4.69) is 29.1 Å². The maximum atomic E-state index is 13.5. The number of H-pyrrole nitrogens is 1. The van der Waals surface area contributed by atoms with Crippen molar-refractivity contribution in [1.82, 2.24) is 9.88 Å². The van der Waals surface area contributed by atoms with Crippen LogP contribution in [0.3, 0.4) is 0 Å². The average Bonchev–Trinajstić information content (AvgIpc) is 3.14. The van der Waals surface area contributed by atoms with Crippen molar-refractivity contribution in [3.63, 3.8) is 0 Å². The lowest BCUT2D eigenvalue weighted by Crippen LogP contribution is -2.51. The van der Waals surface area contributed by atoms with E-state index in [9.17, 15) is 9.59 Å². The predicted octanol–water partition coefficient (Wildman–Crippen LogP) is 3.31. The molecule has 0 unspecified atom stereocenters. The highest BCUT2D eigenvalue weighted by atomic mass is 16.5. The fourth-order valence-electron chi connectivity index (χ4n) is 5.09. The second kappa shape index (κ2) is 7.58. The molecule has 2 aromatic rings. The zero-order valence-corrected chi connectivity index (χ0v) is 17.3. The van der Waals surface area contributed by atoms with Gasteiger partial charge in [-0.2, -0.15) is 0 Å². The number of nitrogens with one attached hydrogen (secondary N) is 1. The zero-order chi connectivity index (χ0) is 20.6. The molecule has 1 N–H and O–H groups in total. The Hall–Kier alpha value is -2.76. The van der Waals surface area contributed by atoms with Gasteiger partial charge in [0.15, 0.2) is 0 Å². The highest BCUT2D eigenvalue weighted by Gasteiger charge is 2.54. The molecule has 0 amide bonds. The summed E-state index contributed by atoms with van der Waals surface area (Å²) >= 11 is 0. The summed E-state index contributed by atoms with van der Waals surface area (Å²) < 4.78 is 10.9. The third kappa shape index (κ3) is 3.11. The topological polar surface area (TPSA) is 71.6 Å². The van der Waals surface area contributed by atoms with E-state index >= 15 is 0 Å². The Morgan fingerprint density at radius 3 is 2.79 bits per heavy atom. The largest absolute Gasteiger partial charge is 0.468 e.